The van der Waals surface area contributed by atoms with Crippen molar-refractivity contribution < 1.29 is 14.3 Å². The van der Waals surface area contributed by atoms with Crippen LogP contribution in [-0.2, 0) is 14.3 Å². The number of ketones is 1. The highest BCUT2D eigenvalue weighted by molar-refractivity contribution is 5.85. The van der Waals surface area contributed by atoms with Crippen LogP contribution in [0.25, 0.3) is 0 Å². The fraction of sp³-hybridized carbons (Fsp3) is 0.917. The summed E-state index contributed by atoms with van der Waals surface area (Å²) in [5, 5.41) is 0. The van der Waals surface area contributed by atoms with Crippen molar-refractivity contribution >= 4 is 5.78 Å². The van der Waals surface area contributed by atoms with Gasteiger partial charge in [0.1, 0.15) is 5.78 Å². The Hall–Kier alpha value is -0.410. The Morgan fingerprint density at radius 3 is 2.13 bits per heavy atom. The number of rotatable bonds is 8. The Kier molecular flexibility index (Phi) is 5.26. The summed E-state index contributed by atoms with van der Waals surface area (Å²) in [5.41, 5.74) is 0. The number of ether oxygens (including phenoxy) is 2. The van der Waals surface area contributed by atoms with Gasteiger partial charge in [-0.2, -0.15) is 0 Å². The Morgan fingerprint density at radius 1 is 1.07 bits per heavy atom. The first-order valence-corrected chi connectivity index (χ1v) is 5.84. The number of Topliss-reactive ketones (excluding diaryl/α,β-unsaturated/α-hetero) is 1. The van der Waals surface area contributed by atoms with Gasteiger partial charge in [0.25, 0.3) is 0 Å². The Balaban J connectivity index is 2.18. The molecule has 1 aliphatic carbocycles. The average molecular weight is 214 g/mol. The summed E-state index contributed by atoms with van der Waals surface area (Å²) in [5.74, 6) is 0.312. The second kappa shape index (κ2) is 6.23. The molecule has 3 nitrogen and oxygen atoms in total. The van der Waals surface area contributed by atoms with Crippen molar-refractivity contribution in [3.05, 3.63) is 0 Å². The smallest absolute Gasteiger partial charge is 0.141 e. The van der Waals surface area contributed by atoms with Crippen molar-refractivity contribution in [3.8, 4) is 0 Å². The van der Waals surface area contributed by atoms with E-state index in [0.717, 1.165) is 12.8 Å². The van der Waals surface area contributed by atoms with Gasteiger partial charge in [0.05, 0.1) is 18.1 Å². The molecule has 1 aliphatic rings. The molecule has 1 rings (SSSR count). The molecule has 15 heavy (non-hydrogen) atoms. The first kappa shape index (κ1) is 12.7. The zero-order chi connectivity index (χ0) is 11.3. The van der Waals surface area contributed by atoms with Crippen LogP contribution in [0.1, 0.15) is 39.0 Å². The second-order valence-corrected chi connectivity index (χ2v) is 4.20. The number of hydrogen-bond acceptors (Lipinski definition) is 3. The van der Waals surface area contributed by atoms with Crippen molar-refractivity contribution in [2.24, 2.45) is 5.92 Å². The topological polar surface area (TPSA) is 35.5 Å². The van der Waals surface area contributed by atoms with Gasteiger partial charge in [-0.05, 0) is 6.42 Å². The summed E-state index contributed by atoms with van der Waals surface area (Å²) in [6, 6.07) is 0. The van der Waals surface area contributed by atoms with Crippen LogP contribution in [0.15, 0.2) is 0 Å². The number of unbranched alkanes of at least 4 members (excludes halogenated alkanes) is 3. The summed E-state index contributed by atoms with van der Waals surface area (Å²) in [7, 11) is 3.28. The first-order chi connectivity index (χ1) is 7.26. The van der Waals surface area contributed by atoms with Crippen molar-refractivity contribution in [1.82, 2.24) is 0 Å². The van der Waals surface area contributed by atoms with Gasteiger partial charge in [0.15, 0.2) is 0 Å². The molecule has 88 valence electrons. The lowest BCUT2D eigenvalue weighted by atomic mass is 10.1. The van der Waals surface area contributed by atoms with Gasteiger partial charge < -0.3 is 9.47 Å². The van der Waals surface area contributed by atoms with E-state index in [4.69, 9.17) is 9.47 Å². The van der Waals surface area contributed by atoms with Crippen LogP contribution in [0.3, 0.4) is 0 Å². The minimum absolute atomic E-state index is 0.00151. The Morgan fingerprint density at radius 2 is 1.67 bits per heavy atom. The summed E-state index contributed by atoms with van der Waals surface area (Å²) in [6.07, 6.45) is 5.30. The van der Waals surface area contributed by atoms with Gasteiger partial charge in [0.2, 0.25) is 0 Å². The molecule has 1 unspecified atom stereocenters. The molecule has 0 spiro atoms. The van der Waals surface area contributed by atoms with E-state index in [1.807, 2.05) is 0 Å². The fourth-order valence-electron chi connectivity index (χ4n) is 2.08. The lowest BCUT2D eigenvalue weighted by Gasteiger charge is -1.99. The third-order valence-electron chi connectivity index (χ3n) is 3.08. The summed E-state index contributed by atoms with van der Waals surface area (Å²) >= 11 is 0. The molecule has 0 aromatic heterocycles. The van der Waals surface area contributed by atoms with Gasteiger partial charge in [-0.3, -0.25) is 4.79 Å². The van der Waals surface area contributed by atoms with E-state index in [-0.39, 0.29) is 18.1 Å². The third-order valence-corrected chi connectivity index (χ3v) is 3.08. The third kappa shape index (κ3) is 3.28. The molecule has 0 aromatic carbocycles. The molecule has 0 heterocycles. The monoisotopic (exact) mass is 214 g/mol. The summed E-state index contributed by atoms with van der Waals surface area (Å²) in [4.78, 5) is 11.7. The van der Waals surface area contributed by atoms with E-state index in [2.05, 4.69) is 6.92 Å². The van der Waals surface area contributed by atoms with Crippen LogP contribution in [0, 0.1) is 5.92 Å². The van der Waals surface area contributed by atoms with E-state index in [1.165, 1.54) is 12.8 Å². The van der Waals surface area contributed by atoms with Crippen molar-refractivity contribution in [2.45, 2.75) is 51.2 Å². The second-order valence-electron chi connectivity index (χ2n) is 4.20. The Labute approximate surface area is 92.1 Å². The molecule has 0 aliphatic heterocycles. The molecular weight excluding hydrogens is 192 g/mol. The lowest BCUT2D eigenvalue weighted by molar-refractivity contribution is -0.121. The van der Waals surface area contributed by atoms with Crippen molar-refractivity contribution in [1.29, 1.82) is 0 Å². The highest BCUT2D eigenvalue weighted by Gasteiger charge is 2.55. The number of carbonyl (C=O) groups is 1. The molecule has 3 atom stereocenters. The Bertz CT molecular complexity index is 193. The predicted molar refractivity (Wildman–Crippen MR) is 58.9 cm³/mol. The van der Waals surface area contributed by atoms with Gasteiger partial charge in [-0.15, -0.1) is 0 Å². The van der Waals surface area contributed by atoms with Crippen molar-refractivity contribution in [3.63, 3.8) is 0 Å². The van der Waals surface area contributed by atoms with Crippen LogP contribution in [0.4, 0.5) is 0 Å². The highest BCUT2D eigenvalue weighted by Crippen LogP contribution is 2.38. The quantitative estimate of drug-likeness (QED) is 0.581. The first-order valence-electron chi connectivity index (χ1n) is 5.84. The minimum atomic E-state index is 0.00151. The van der Waals surface area contributed by atoms with E-state index >= 15 is 0 Å². The van der Waals surface area contributed by atoms with Crippen LogP contribution >= 0.6 is 0 Å². The molecule has 1 saturated carbocycles. The van der Waals surface area contributed by atoms with Gasteiger partial charge in [-0.1, -0.05) is 26.2 Å². The molecule has 3 heteroatoms. The van der Waals surface area contributed by atoms with E-state index in [9.17, 15) is 4.79 Å². The summed E-state index contributed by atoms with van der Waals surface area (Å²) < 4.78 is 10.4. The largest absolute Gasteiger partial charge is 0.378 e. The normalized spacial score (nSPS) is 29.1. The number of carbonyl (C=O) groups excluding carboxylic acids is 1. The lowest BCUT2D eigenvalue weighted by Crippen LogP contribution is -2.06. The maximum absolute atomic E-state index is 11.7. The van der Waals surface area contributed by atoms with Crippen LogP contribution in [0.2, 0.25) is 0 Å². The minimum Gasteiger partial charge on any atom is -0.378 e. The average Bonchev–Trinajstić information content (AvgIpc) is 2.97. The van der Waals surface area contributed by atoms with Gasteiger partial charge in [-0.25, -0.2) is 0 Å². The van der Waals surface area contributed by atoms with Gasteiger partial charge >= 0.3 is 0 Å². The zero-order valence-corrected chi connectivity index (χ0v) is 9.99. The van der Waals surface area contributed by atoms with Crippen LogP contribution in [-0.4, -0.2) is 32.2 Å². The molecule has 0 saturated heterocycles. The molecular formula is C12H22O3. The van der Waals surface area contributed by atoms with Crippen LogP contribution < -0.4 is 0 Å². The maximum Gasteiger partial charge on any atom is 0.141 e. The summed E-state index contributed by atoms with van der Waals surface area (Å²) in [6.45, 7) is 2.17. The van der Waals surface area contributed by atoms with Gasteiger partial charge in [0, 0.05) is 20.6 Å². The fourth-order valence-corrected chi connectivity index (χ4v) is 2.08. The maximum atomic E-state index is 11.7. The molecule has 1 fully saturated rings. The van der Waals surface area contributed by atoms with E-state index in [1.54, 1.807) is 14.2 Å². The molecule has 0 radical (unpaired) electrons. The highest BCUT2D eigenvalue weighted by atomic mass is 16.5. The predicted octanol–water partition coefficient (Wildman–Crippen LogP) is 2.19. The van der Waals surface area contributed by atoms with E-state index < -0.39 is 0 Å². The van der Waals surface area contributed by atoms with E-state index in [0.29, 0.717) is 12.2 Å². The molecule has 0 N–H and O–H groups in total. The SMILES string of the molecule is CCCCCCC(=O)C1[C@@H](OC)[C@H]1OC. The standard InChI is InChI=1S/C12H22O3/c1-4-5-6-7-8-9(13)10-11(14-2)12(10)15-3/h10-12H,4-8H2,1-3H3/t10?,11-,12+. The molecule has 0 aromatic rings. The zero-order valence-electron chi connectivity index (χ0n) is 9.99. The molecule has 0 bridgehead atoms. The number of hydrogen-bond donors (Lipinski definition) is 0. The number of methoxy groups -OCH3 is 2. The van der Waals surface area contributed by atoms with Crippen molar-refractivity contribution in [2.75, 3.05) is 14.2 Å². The molecule has 0 amide bonds. The van der Waals surface area contributed by atoms with Crippen LogP contribution in [0.5, 0.6) is 0 Å².